The van der Waals surface area contributed by atoms with Crippen LogP contribution in [0.25, 0.3) is 11.0 Å². The van der Waals surface area contributed by atoms with Crippen LogP contribution in [0, 0.1) is 13.8 Å². The van der Waals surface area contributed by atoms with E-state index in [1.165, 1.54) is 0 Å². The van der Waals surface area contributed by atoms with E-state index in [4.69, 9.17) is 4.74 Å². The molecule has 5 aromatic carbocycles. The average molecular weight is 667 g/mol. The number of aryl methyl sites for hydroxylation is 1. The number of benzene rings is 5. The maximum atomic E-state index is 13.2. The maximum Gasteiger partial charge on any atom is 0.341 e. The Morgan fingerprint density at radius 1 is 0.600 bits per heavy atom. The normalized spacial score (nSPS) is 10.8. The van der Waals surface area contributed by atoms with Crippen molar-refractivity contribution in [1.29, 1.82) is 0 Å². The van der Waals surface area contributed by atoms with Gasteiger partial charge in [-0.1, -0.05) is 128 Å². The lowest BCUT2D eigenvalue weighted by Crippen LogP contribution is -2.30. The first-order valence-corrected chi connectivity index (χ1v) is 16.4. The molecule has 0 unspecified atom stereocenters. The maximum absolute atomic E-state index is 13.2. The molecule has 1 aromatic heterocycles. The molecule has 0 bridgehead atoms. The second-order valence-corrected chi connectivity index (χ2v) is 11.9. The molecule has 0 aliphatic rings. The number of aromatic nitrogens is 2. The number of ketones is 2. The van der Waals surface area contributed by atoms with Crippen LogP contribution in [-0.2, 0) is 14.3 Å². The van der Waals surface area contributed by atoms with Gasteiger partial charge in [0, 0.05) is 6.42 Å². The first-order valence-electron chi connectivity index (χ1n) is 16.4. The molecular weight excluding hydrogens is 628 g/mol. The predicted molar refractivity (Wildman–Crippen MR) is 195 cm³/mol. The Bertz CT molecular complexity index is 2130. The van der Waals surface area contributed by atoms with Gasteiger partial charge in [0.1, 0.15) is 5.78 Å². The van der Waals surface area contributed by atoms with Gasteiger partial charge in [0.05, 0.1) is 28.4 Å². The van der Waals surface area contributed by atoms with E-state index in [2.05, 4.69) is 9.97 Å². The Morgan fingerprint density at radius 3 is 1.42 bits per heavy atom. The van der Waals surface area contributed by atoms with Gasteiger partial charge in [-0.3, -0.25) is 19.2 Å². The summed E-state index contributed by atoms with van der Waals surface area (Å²) in [7, 11) is 0. The Morgan fingerprint density at radius 2 is 1.00 bits per heavy atom. The van der Waals surface area contributed by atoms with E-state index < -0.39 is 29.6 Å². The van der Waals surface area contributed by atoms with E-state index in [0.717, 1.165) is 27.8 Å². The zero-order chi connectivity index (χ0) is 35.6. The van der Waals surface area contributed by atoms with Crippen molar-refractivity contribution in [3.05, 3.63) is 187 Å². The fourth-order valence-corrected chi connectivity index (χ4v) is 5.96. The number of fused-ring (bicyclic) bond motifs is 1. The first-order chi connectivity index (χ1) is 24.2. The third-order valence-corrected chi connectivity index (χ3v) is 8.61. The van der Waals surface area contributed by atoms with Crippen molar-refractivity contribution in [2.24, 2.45) is 0 Å². The van der Waals surface area contributed by atoms with Gasteiger partial charge in [0.15, 0.2) is 12.4 Å². The van der Waals surface area contributed by atoms with E-state index in [-0.39, 0.29) is 28.6 Å². The second kappa shape index (κ2) is 16.3. The highest BCUT2D eigenvalue weighted by Crippen LogP contribution is 2.28. The SMILES string of the molecule is CCC(=O)C(c1ccccc1)c1ccccc1.Cc1cc2[nH]c(=O)c(=O)[nH]c2c(C(=O)OCC(=O)C(c2ccccc2)c2ccccc2)c1C. The number of nitrogens with one attached hydrogen (secondary N) is 2. The summed E-state index contributed by atoms with van der Waals surface area (Å²) in [6.45, 7) is 4.96. The van der Waals surface area contributed by atoms with Crippen LogP contribution in [0.15, 0.2) is 137 Å². The van der Waals surface area contributed by atoms with Gasteiger partial charge < -0.3 is 14.7 Å². The summed E-state index contributed by atoms with van der Waals surface area (Å²) in [5, 5.41) is 0. The summed E-state index contributed by atoms with van der Waals surface area (Å²) < 4.78 is 5.43. The van der Waals surface area contributed by atoms with Gasteiger partial charge in [0.25, 0.3) is 0 Å². The van der Waals surface area contributed by atoms with E-state index in [9.17, 15) is 24.0 Å². The van der Waals surface area contributed by atoms with Gasteiger partial charge in [-0.25, -0.2) is 4.79 Å². The number of carbonyl (C=O) groups excluding carboxylic acids is 3. The molecule has 0 saturated heterocycles. The zero-order valence-corrected chi connectivity index (χ0v) is 28.1. The molecule has 0 aliphatic carbocycles. The van der Waals surface area contributed by atoms with Crippen LogP contribution in [0.1, 0.15) is 68.9 Å². The molecule has 0 radical (unpaired) electrons. The van der Waals surface area contributed by atoms with Crippen LogP contribution in [0.3, 0.4) is 0 Å². The van der Waals surface area contributed by atoms with Crippen molar-refractivity contribution in [2.45, 2.75) is 39.0 Å². The molecule has 2 N–H and O–H groups in total. The summed E-state index contributed by atoms with van der Waals surface area (Å²) in [6.07, 6.45) is 0.564. The number of esters is 1. The minimum atomic E-state index is -0.871. The molecule has 0 aliphatic heterocycles. The van der Waals surface area contributed by atoms with Gasteiger partial charge in [0.2, 0.25) is 0 Å². The number of H-pyrrole nitrogens is 2. The van der Waals surface area contributed by atoms with Crippen molar-refractivity contribution in [3.8, 4) is 0 Å². The van der Waals surface area contributed by atoms with Crippen LogP contribution < -0.4 is 11.1 Å². The summed E-state index contributed by atoms with van der Waals surface area (Å²) in [4.78, 5) is 66.9. The molecule has 0 spiro atoms. The van der Waals surface area contributed by atoms with Gasteiger partial charge in [-0.05, 0) is 53.3 Å². The zero-order valence-electron chi connectivity index (χ0n) is 28.1. The predicted octanol–water partition coefficient (Wildman–Crippen LogP) is 7.19. The van der Waals surface area contributed by atoms with E-state index in [1.54, 1.807) is 19.9 Å². The molecule has 0 atom stereocenters. The molecule has 0 saturated carbocycles. The third-order valence-electron chi connectivity index (χ3n) is 8.61. The minimum Gasteiger partial charge on any atom is -0.454 e. The molecule has 50 heavy (non-hydrogen) atoms. The van der Waals surface area contributed by atoms with Crippen molar-refractivity contribution in [2.75, 3.05) is 6.61 Å². The van der Waals surface area contributed by atoms with Gasteiger partial charge in [-0.2, -0.15) is 0 Å². The smallest absolute Gasteiger partial charge is 0.341 e. The number of hydrogen-bond acceptors (Lipinski definition) is 6. The molecule has 8 nitrogen and oxygen atoms in total. The number of aromatic amines is 2. The van der Waals surface area contributed by atoms with Crippen molar-refractivity contribution >= 4 is 28.6 Å². The molecular formula is C42H38N2O6. The monoisotopic (exact) mass is 666 g/mol. The van der Waals surface area contributed by atoms with Crippen LogP contribution in [0.4, 0.5) is 0 Å². The van der Waals surface area contributed by atoms with Gasteiger partial charge >= 0.3 is 17.1 Å². The molecule has 8 heteroatoms. The molecule has 6 aromatic rings. The van der Waals surface area contributed by atoms with Crippen molar-refractivity contribution < 1.29 is 19.1 Å². The largest absolute Gasteiger partial charge is 0.454 e. The Kier molecular flexibility index (Phi) is 11.5. The topological polar surface area (TPSA) is 126 Å². The van der Waals surface area contributed by atoms with Crippen LogP contribution in [0.5, 0.6) is 0 Å². The lowest BCUT2D eigenvalue weighted by Gasteiger charge is -2.17. The molecule has 6 rings (SSSR count). The quantitative estimate of drug-likeness (QED) is 0.118. The van der Waals surface area contributed by atoms with Gasteiger partial charge in [-0.15, -0.1) is 0 Å². The molecule has 252 valence electrons. The summed E-state index contributed by atoms with van der Waals surface area (Å²) in [6, 6.07) is 40.2. The summed E-state index contributed by atoms with van der Waals surface area (Å²) in [5.41, 5.74) is 3.97. The highest BCUT2D eigenvalue weighted by atomic mass is 16.5. The van der Waals surface area contributed by atoms with Crippen LogP contribution >= 0.6 is 0 Å². The average Bonchev–Trinajstić information content (AvgIpc) is 3.14. The van der Waals surface area contributed by atoms with Crippen LogP contribution in [-0.4, -0.2) is 34.1 Å². The minimum absolute atomic E-state index is 0.113. The molecule has 0 fully saturated rings. The highest BCUT2D eigenvalue weighted by Gasteiger charge is 2.26. The number of carbonyl (C=O) groups is 3. The second-order valence-electron chi connectivity index (χ2n) is 11.9. The van der Waals surface area contributed by atoms with Crippen LogP contribution in [0.2, 0.25) is 0 Å². The Hall–Kier alpha value is -6.15. The molecule has 0 amide bonds. The number of ether oxygens (including phenoxy) is 1. The lowest BCUT2D eigenvalue weighted by molar-refractivity contribution is -0.122. The summed E-state index contributed by atoms with van der Waals surface area (Å²) >= 11 is 0. The fraction of sp³-hybridized carbons (Fsp3) is 0.167. The summed E-state index contributed by atoms with van der Waals surface area (Å²) in [5.74, 6) is -1.48. The number of Topliss-reactive ketones (excluding diaryl/α,β-unsaturated/α-hetero) is 2. The van der Waals surface area contributed by atoms with E-state index in [0.29, 0.717) is 17.5 Å². The highest BCUT2D eigenvalue weighted by molar-refractivity contribution is 6.04. The first kappa shape index (κ1) is 35.2. The van der Waals surface area contributed by atoms with Crippen molar-refractivity contribution in [1.82, 2.24) is 9.97 Å². The Labute approximate surface area is 289 Å². The standard InChI is InChI=1S/C26H22N2O5.C16H16O/c1-15-13-19-23(28-25(31)24(30)27-19)21(16(15)2)26(32)33-14-20(29)22(17-9-5-3-6-10-17)18-11-7-4-8-12-18;1-2-15(17)16(13-9-5-3-6-10-13)14-11-7-4-8-12-14/h3-13,22H,14H2,1-2H3,(H,27,30)(H,28,31);3-12,16H,2H2,1H3. The van der Waals surface area contributed by atoms with Crippen molar-refractivity contribution in [3.63, 3.8) is 0 Å². The Balaban J connectivity index is 0.000000240. The van der Waals surface area contributed by atoms with E-state index in [1.807, 2.05) is 128 Å². The van der Waals surface area contributed by atoms with E-state index >= 15 is 0 Å². The molecule has 1 heterocycles. The number of rotatable bonds is 10. The fourth-order valence-electron chi connectivity index (χ4n) is 5.96. The lowest BCUT2D eigenvalue weighted by atomic mass is 9.87. The number of hydrogen-bond donors (Lipinski definition) is 2. The third kappa shape index (κ3) is 8.10.